The van der Waals surface area contributed by atoms with Gasteiger partial charge in [0.1, 0.15) is 0 Å². The summed E-state index contributed by atoms with van der Waals surface area (Å²) in [4.78, 5) is 0. The molecule has 0 atom stereocenters. The van der Waals surface area contributed by atoms with E-state index in [4.69, 9.17) is 0 Å². The largest absolute Gasteiger partial charge is 0.0614 e. The van der Waals surface area contributed by atoms with Crippen LogP contribution >= 0.6 is 0 Å². The maximum atomic E-state index is 2.32. The van der Waals surface area contributed by atoms with E-state index in [0.29, 0.717) is 11.8 Å². The molecular formula is C19H26. The molecule has 0 fully saturated rings. The molecule has 0 saturated heterocycles. The minimum atomic E-state index is 0.570. The zero-order valence-electron chi connectivity index (χ0n) is 13.4. The van der Waals surface area contributed by atoms with Crippen LogP contribution in [0.2, 0.25) is 0 Å². The molecule has 0 aromatic heterocycles. The van der Waals surface area contributed by atoms with Gasteiger partial charge < -0.3 is 0 Å². The molecule has 0 spiro atoms. The quantitative estimate of drug-likeness (QED) is 0.615. The van der Waals surface area contributed by atoms with E-state index in [2.05, 4.69) is 66.7 Å². The molecule has 0 nitrogen and oxygen atoms in total. The highest BCUT2D eigenvalue weighted by molar-refractivity contribution is 5.94. The monoisotopic (exact) mass is 254 g/mol. The predicted molar refractivity (Wildman–Crippen MR) is 86.3 cm³/mol. The smallest absolute Gasteiger partial charge is 0.0120 e. The van der Waals surface area contributed by atoms with Gasteiger partial charge in [0.2, 0.25) is 0 Å². The lowest BCUT2D eigenvalue weighted by Gasteiger charge is -2.24. The Hall–Kier alpha value is -1.30. The van der Waals surface area contributed by atoms with Gasteiger partial charge in [-0.2, -0.15) is 0 Å². The van der Waals surface area contributed by atoms with E-state index in [1.54, 1.807) is 11.1 Å². The van der Waals surface area contributed by atoms with Crippen molar-refractivity contribution in [2.45, 2.75) is 60.3 Å². The Morgan fingerprint density at radius 1 is 0.737 bits per heavy atom. The molecule has 0 radical (unpaired) electrons. The lowest BCUT2D eigenvalue weighted by atomic mass is 9.80. The van der Waals surface area contributed by atoms with Gasteiger partial charge in [-0.05, 0) is 71.2 Å². The fourth-order valence-corrected chi connectivity index (χ4v) is 3.49. The minimum absolute atomic E-state index is 0.570. The second-order valence-corrected chi connectivity index (χ2v) is 6.38. The summed E-state index contributed by atoms with van der Waals surface area (Å²) in [5.41, 5.74) is 7.46. The average Bonchev–Trinajstić information content (AvgIpc) is 2.32. The SMILES string of the molecule is Cc1c(C(C)C)c(C(C)C)c2cccc(C)c2c1C. The molecule has 19 heavy (non-hydrogen) atoms. The molecule has 2 aromatic carbocycles. The van der Waals surface area contributed by atoms with Crippen LogP contribution in [0.4, 0.5) is 0 Å². The van der Waals surface area contributed by atoms with Crippen LogP contribution in [0.1, 0.15) is 67.3 Å². The van der Waals surface area contributed by atoms with E-state index in [1.165, 1.54) is 27.5 Å². The summed E-state index contributed by atoms with van der Waals surface area (Å²) in [6, 6.07) is 6.73. The predicted octanol–water partition coefficient (Wildman–Crippen LogP) is 6.01. The first-order chi connectivity index (χ1) is 8.86. The molecule has 0 aliphatic heterocycles. The second-order valence-electron chi connectivity index (χ2n) is 6.38. The fraction of sp³-hybridized carbons (Fsp3) is 0.474. The Bertz CT molecular complexity index is 616. The first-order valence-corrected chi connectivity index (χ1v) is 7.38. The van der Waals surface area contributed by atoms with Crippen molar-refractivity contribution in [3.8, 4) is 0 Å². The van der Waals surface area contributed by atoms with Crippen LogP contribution in [0.25, 0.3) is 10.8 Å². The zero-order chi connectivity index (χ0) is 14.3. The molecule has 0 aliphatic carbocycles. The van der Waals surface area contributed by atoms with Gasteiger partial charge in [-0.25, -0.2) is 0 Å². The summed E-state index contributed by atoms with van der Waals surface area (Å²) in [6.45, 7) is 16.1. The standard InChI is InChI=1S/C19H26/c1-11(2)17-14(6)15(7)19-13(5)9-8-10-16(19)18(17)12(3)4/h8-12H,1-7H3. The molecule has 0 bridgehead atoms. The summed E-state index contributed by atoms with van der Waals surface area (Å²) < 4.78 is 0. The number of rotatable bonds is 2. The normalized spacial score (nSPS) is 11.8. The average molecular weight is 254 g/mol. The fourth-order valence-electron chi connectivity index (χ4n) is 3.49. The van der Waals surface area contributed by atoms with Crippen molar-refractivity contribution in [3.63, 3.8) is 0 Å². The van der Waals surface area contributed by atoms with Gasteiger partial charge in [0.15, 0.2) is 0 Å². The first kappa shape index (κ1) is 14.1. The van der Waals surface area contributed by atoms with Crippen molar-refractivity contribution in [2.24, 2.45) is 0 Å². The molecule has 2 aromatic rings. The summed E-state index contributed by atoms with van der Waals surface area (Å²) in [5.74, 6) is 1.15. The van der Waals surface area contributed by atoms with Crippen molar-refractivity contribution in [1.29, 1.82) is 0 Å². The molecule has 0 aliphatic rings. The Balaban J connectivity index is 3.05. The van der Waals surface area contributed by atoms with Crippen molar-refractivity contribution in [3.05, 3.63) is 46.0 Å². The Kier molecular flexibility index (Phi) is 3.71. The molecule has 0 unspecified atom stereocenters. The Morgan fingerprint density at radius 3 is 1.84 bits per heavy atom. The summed E-state index contributed by atoms with van der Waals surface area (Å²) in [7, 11) is 0. The van der Waals surface area contributed by atoms with Gasteiger partial charge in [0.05, 0.1) is 0 Å². The first-order valence-electron chi connectivity index (χ1n) is 7.38. The summed E-state index contributed by atoms with van der Waals surface area (Å²) in [5, 5.41) is 2.93. The molecule has 2 rings (SSSR count). The lowest BCUT2D eigenvalue weighted by Crippen LogP contribution is -2.06. The summed E-state index contributed by atoms with van der Waals surface area (Å²) in [6.07, 6.45) is 0. The Morgan fingerprint density at radius 2 is 1.32 bits per heavy atom. The number of hydrogen-bond donors (Lipinski definition) is 0. The lowest BCUT2D eigenvalue weighted by molar-refractivity contribution is 0.789. The van der Waals surface area contributed by atoms with Crippen molar-refractivity contribution in [2.75, 3.05) is 0 Å². The van der Waals surface area contributed by atoms with E-state index in [-0.39, 0.29) is 0 Å². The number of benzene rings is 2. The molecule has 0 N–H and O–H groups in total. The Labute approximate surface area is 117 Å². The van der Waals surface area contributed by atoms with Gasteiger partial charge in [0, 0.05) is 0 Å². The van der Waals surface area contributed by atoms with Crippen LogP contribution in [0.5, 0.6) is 0 Å². The van der Waals surface area contributed by atoms with Crippen LogP contribution in [-0.4, -0.2) is 0 Å². The molecular weight excluding hydrogens is 228 g/mol. The zero-order valence-corrected chi connectivity index (χ0v) is 13.4. The maximum Gasteiger partial charge on any atom is -0.0120 e. The van der Waals surface area contributed by atoms with Crippen LogP contribution < -0.4 is 0 Å². The highest BCUT2D eigenvalue weighted by Gasteiger charge is 2.19. The van der Waals surface area contributed by atoms with Gasteiger partial charge in [0.25, 0.3) is 0 Å². The molecule has 0 saturated carbocycles. The van der Waals surface area contributed by atoms with E-state index >= 15 is 0 Å². The van der Waals surface area contributed by atoms with Gasteiger partial charge in [-0.3, -0.25) is 0 Å². The number of fused-ring (bicyclic) bond motifs is 1. The van der Waals surface area contributed by atoms with E-state index in [1.807, 2.05) is 0 Å². The van der Waals surface area contributed by atoms with Crippen LogP contribution in [0.3, 0.4) is 0 Å². The highest BCUT2D eigenvalue weighted by Crippen LogP contribution is 2.39. The maximum absolute atomic E-state index is 2.32. The molecule has 102 valence electrons. The highest BCUT2D eigenvalue weighted by atomic mass is 14.2. The molecule has 0 heteroatoms. The van der Waals surface area contributed by atoms with Crippen LogP contribution in [-0.2, 0) is 0 Å². The third-order valence-electron chi connectivity index (χ3n) is 4.35. The third kappa shape index (κ3) is 2.18. The van der Waals surface area contributed by atoms with Gasteiger partial charge in [-0.1, -0.05) is 45.9 Å². The molecule has 0 heterocycles. The minimum Gasteiger partial charge on any atom is -0.0614 e. The van der Waals surface area contributed by atoms with Crippen LogP contribution in [0.15, 0.2) is 18.2 Å². The van der Waals surface area contributed by atoms with Crippen LogP contribution in [0, 0.1) is 20.8 Å². The second kappa shape index (κ2) is 5.00. The van der Waals surface area contributed by atoms with Crippen molar-refractivity contribution >= 4 is 10.8 Å². The van der Waals surface area contributed by atoms with Gasteiger partial charge >= 0.3 is 0 Å². The van der Waals surface area contributed by atoms with Crippen molar-refractivity contribution < 1.29 is 0 Å². The topological polar surface area (TPSA) is 0 Å². The molecule has 0 amide bonds. The number of hydrogen-bond acceptors (Lipinski definition) is 0. The third-order valence-corrected chi connectivity index (χ3v) is 4.35. The van der Waals surface area contributed by atoms with E-state index < -0.39 is 0 Å². The van der Waals surface area contributed by atoms with Gasteiger partial charge in [-0.15, -0.1) is 0 Å². The van der Waals surface area contributed by atoms with E-state index in [9.17, 15) is 0 Å². The number of aryl methyl sites for hydroxylation is 2. The van der Waals surface area contributed by atoms with Crippen molar-refractivity contribution in [1.82, 2.24) is 0 Å². The summed E-state index contributed by atoms with van der Waals surface area (Å²) >= 11 is 0. The van der Waals surface area contributed by atoms with E-state index in [0.717, 1.165) is 0 Å².